The number of nitrogens with zero attached hydrogens (tertiary/aromatic N) is 3. The lowest BCUT2D eigenvalue weighted by Gasteiger charge is -2.20. The van der Waals surface area contributed by atoms with E-state index in [0.29, 0.717) is 39.6 Å². The van der Waals surface area contributed by atoms with Gasteiger partial charge in [0.05, 0.1) is 17.7 Å². The first-order valence-electron chi connectivity index (χ1n) is 12.3. The minimum absolute atomic E-state index is 0.0664. The predicted molar refractivity (Wildman–Crippen MR) is 157 cm³/mol. The van der Waals surface area contributed by atoms with Gasteiger partial charge in [0.2, 0.25) is 5.17 Å². The standard InChI is InChI=1S/C29H25ClN4O5S/c1-18-8-6-7-11-23(18)37-12-13-38-26-22(30)15-19(16-24(26)36-2)14-21-27(31)34-29(32-28(21)35)40-25(33-34)17-39-20-9-4-3-5-10-20/h3-11,14-16,31H,12-13,17H2,1-2H3/b21-14-,31-27?. The van der Waals surface area contributed by atoms with Crippen molar-refractivity contribution in [3.8, 4) is 23.0 Å². The van der Waals surface area contributed by atoms with Gasteiger partial charge >= 0.3 is 0 Å². The molecule has 0 aliphatic carbocycles. The second-order valence-corrected chi connectivity index (χ2v) is 10.1. The van der Waals surface area contributed by atoms with Gasteiger partial charge in [-0.05, 0) is 66.2 Å². The van der Waals surface area contributed by atoms with E-state index in [9.17, 15) is 4.79 Å². The summed E-state index contributed by atoms with van der Waals surface area (Å²) in [6.45, 7) is 2.72. The van der Waals surface area contributed by atoms with Crippen molar-refractivity contribution in [3.63, 3.8) is 0 Å². The molecule has 3 aromatic rings. The van der Waals surface area contributed by atoms with Crippen molar-refractivity contribution >= 4 is 51.4 Å². The van der Waals surface area contributed by atoms with Crippen molar-refractivity contribution in [2.75, 3.05) is 26.9 Å². The Labute approximate surface area is 240 Å². The second kappa shape index (κ2) is 12.3. The molecule has 5 rings (SSSR count). The maximum Gasteiger partial charge on any atom is 0.283 e. The Balaban J connectivity index is 1.27. The fraction of sp³-hybridized carbons (Fsp3) is 0.172. The van der Waals surface area contributed by atoms with Crippen LogP contribution < -0.4 is 18.9 Å². The summed E-state index contributed by atoms with van der Waals surface area (Å²) < 4.78 is 22.9. The van der Waals surface area contributed by atoms with Crippen molar-refractivity contribution in [2.24, 2.45) is 10.1 Å². The Kier molecular flexibility index (Phi) is 8.37. The average Bonchev–Trinajstić information content (AvgIpc) is 3.37. The number of carbonyl (C=O) groups is 1. The fourth-order valence-electron chi connectivity index (χ4n) is 3.90. The van der Waals surface area contributed by atoms with Crippen LogP contribution in [-0.2, 0) is 4.79 Å². The van der Waals surface area contributed by atoms with Crippen LogP contribution in [0.25, 0.3) is 6.08 Å². The quantitative estimate of drug-likeness (QED) is 0.240. The summed E-state index contributed by atoms with van der Waals surface area (Å²) in [5.74, 6) is 1.57. The normalized spacial score (nSPS) is 15.5. The van der Waals surface area contributed by atoms with Gasteiger partial charge in [-0.2, -0.15) is 15.1 Å². The molecule has 0 saturated carbocycles. The van der Waals surface area contributed by atoms with Crippen LogP contribution in [0.4, 0.5) is 0 Å². The summed E-state index contributed by atoms with van der Waals surface area (Å²) in [4.78, 5) is 17.0. The molecule has 2 heterocycles. The Morgan fingerprint density at radius 1 is 1.00 bits per heavy atom. The molecule has 2 aliphatic heterocycles. The number of hydrazone groups is 1. The summed E-state index contributed by atoms with van der Waals surface area (Å²) in [5, 5.41) is 15.6. The number of hydrogen-bond acceptors (Lipinski definition) is 8. The molecule has 3 aromatic carbocycles. The van der Waals surface area contributed by atoms with Crippen LogP contribution in [0.1, 0.15) is 11.1 Å². The van der Waals surface area contributed by atoms with E-state index < -0.39 is 5.91 Å². The molecule has 0 saturated heterocycles. The minimum atomic E-state index is -0.548. The van der Waals surface area contributed by atoms with Gasteiger partial charge in [-0.25, -0.2) is 0 Å². The van der Waals surface area contributed by atoms with Crippen molar-refractivity contribution in [2.45, 2.75) is 6.92 Å². The summed E-state index contributed by atoms with van der Waals surface area (Å²) in [6, 6.07) is 20.4. The number of aliphatic imine (C=N–C) groups is 1. The number of rotatable bonds is 10. The third-order valence-electron chi connectivity index (χ3n) is 5.85. The minimum Gasteiger partial charge on any atom is -0.493 e. The molecule has 1 amide bonds. The highest BCUT2D eigenvalue weighted by Crippen LogP contribution is 2.38. The van der Waals surface area contributed by atoms with E-state index in [1.54, 1.807) is 12.1 Å². The molecule has 1 N–H and O–H groups in total. The molecule has 0 radical (unpaired) electrons. The summed E-state index contributed by atoms with van der Waals surface area (Å²) in [7, 11) is 1.50. The molecule has 0 atom stereocenters. The summed E-state index contributed by atoms with van der Waals surface area (Å²) >= 11 is 7.72. The molecule has 2 aliphatic rings. The molecule has 11 heteroatoms. The van der Waals surface area contributed by atoms with Crippen LogP contribution in [-0.4, -0.2) is 53.9 Å². The number of aryl methyl sites for hydroxylation is 1. The monoisotopic (exact) mass is 576 g/mol. The Hall–Kier alpha value is -4.28. The number of ether oxygens (including phenoxy) is 4. The van der Waals surface area contributed by atoms with Crippen molar-refractivity contribution < 1.29 is 23.7 Å². The lowest BCUT2D eigenvalue weighted by Crippen LogP contribution is -2.35. The van der Waals surface area contributed by atoms with Crippen molar-refractivity contribution in [3.05, 3.63) is 88.5 Å². The van der Waals surface area contributed by atoms with Crippen molar-refractivity contribution in [1.82, 2.24) is 5.01 Å². The zero-order chi connectivity index (χ0) is 28.1. The number of nitrogens with one attached hydrogen (secondary N) is 1. The molecule has 40 heavy (non-hydrogen) atoms. The molecule has 0 unspecified atom stereocenters. The smallest absolute Gasteiger partial charge is 0.283 e. The van der Waals surface area contributed by atoms with Crippen molar-refractivity contribution in [1.29, 1.82) is 5.41 Å². The van der Waals surface area contributed by atoms with E-state index in [2.05, 4.69) is 10.1 Å². The highest BCUT2D eigenvalue weighted by molar-refractivity contribution is 8.27. The number of carbonyl (C=O) groups excluding carboxylic acids is 1. The van der Waals surface area contributed by atoms with Gasteiger partial charge in [-0.1, -0.05) is 48.0 Å². The number of benzene rings is 3. The van der Waals surface area contributed by atoms with Gasteiger partial charge in [0.15, 0.2) is 17.3 Å². The number of fused-ring (bicyclic) bond motifs is 1. The predicted octanol–water partition coefficient (Wildman–Crippen LogP) is 5.81. The van der Waals surface area contributed by atoms with Crippen LogP contribution in [0, 0.1) is 12.3 Å². The van der Waals surface area contributed by atoms with Gasteiger partial charge in [0, 0.05) is 0 Å². The van der Waals surface area contributed by atoms with Crippen LogP contribution in [0.2, 0.25) is 5.02 Å². The molecule has 9 nitrogen and oxygen atoms in total. The third-order valence-corrected chi connectivity index (χ3v) is 7.01. The summed E-state index contributed by atoms with van der Waals surface area (Å²) in [5.41, 5.74) is 1.64. The Morgan fingerprint density at radius 3 is 2.52 bits per heavy atom. The molecular formula is C29H25ClN4O5S. The number of methoxy groups -OCH3 is 1. The van der Waals surface area contributed by atoms with E-state index in [1.807, 2.05) is 61.5 Å². The van der Waals surface area contributed by atoms with Gasteiger partial charge in [0.1, 0.15) is 36.4 Å². The molecular weight excluding hydrogens is 552 g/mol. The highest BCUT2D eigenvalue weighted by atomic mass is 35.5. The Bertz CT molecular complexity index is 1540. The first-order valence-corrected chi connectivity index (χ1v) is 13.5. The molecule has 0 spiro atoms. The van der Waals surface area contributed by atoms with E-state index in [-0.39, 0.29) is 29.6 Å². The van der Waals surface area contributed by atoms with Crippen LogP contribution >= 0.6 is 23.4 Å². The number of thioether (sulfide) groups is 1. The average molecular weight is 577 g/mol. The number of amides is 1. The largest absolute Gasteiger partial charge is 0.493 e. The lowest BCUT2D eigenvalue weighted by molar-refractivity contribution is -0.114. The highest BCUT2D eigenvalue weighted by Gasteiger charge is 2.35. The van der Waals surface area contributed by atoms with E-state index in [1.165, 1.54) is 30.0 Å². The first-order chi connectivity index (χ1) is 19.4. The number of hydrogen-bond donors (Lipinski definition) is 1. The SMILES string of the molecule is COc1cc(/C=C2/C(=N)N3N=C(COc4ccccc4)SC3=NC2=O)cc(Cl)c1OCCOc1ccccc1C. The topological polar surface area (TPSA) is 106 Å². The molecule has 0 fully saturated rings. The van der Waals surface area contributed by atoms with Gasteiger partial charge in [-0.3, -0.25) is 10.2 Å². The second-order valence-electron chi connectivity index (χ2n) is 8.61. The van der Waals surface area contributed by atoms with Gasteiger partial charge in [0.25, 0.3) is 5.91 Å². The number of para-hydroxylation sites is 2. The first kappa shape index (κ1) is 27.3. The lowest BCUT2D eigenvalue weighted by atomic mass is 10.1. The van der Waals surface area contributed by atoms with Gasteiger partial charge < -0.3 is 18.9 Å². The van der Waals surface area contributed by atoms with Crippen LogP contribution in [0.5, 0.6) is 23.0 Å². The summed E-state index contributed by atoms with van der Waals surface area (Å²) in [6.07, 6.45) is 1.53. The number of halogens is 1. The van der Waals surface area contributed by atoms with E-state index >= 15 is 0 Å². The van der Waals surface area contributed by atoms with Gasteiger partial charge in [-0.15, -0.1) is 0 Å². The molecule has 0 bridgehead atoms. The maximum absolute atomic E-state index is 12.8. The maximum atomic E-state index is 12.8. The molecule has 204 valence electrons. The zero-order valence-corrected chi connectivity index (χ0v) is 23.3. The fourth-order valence-corrected chi connectivity index (χ4v) is 4.97. The molecule has 0 aromatic heterocycles. The number of amidine groups is 2. The van der Waals surface area contributed by atoms with E-state index in [0.717, 1.165) is 11.3 Å². The third kappa shape index (κ3) is 6.13. The van der Waals surface area contributed by atoms with Crippen LogP contribution in [0.15, 0.2) is 82.4 Å². The van der Waals surface area contributed by atoms with Crippen LogP contribution in [0.3, 0.4) is 0 Å². The Morgan fingerprint density at radius 2 is 1.75 bits per heavy atom. The van der Waals surface area contributed by atoms with E-state index in [4.69, 9.17) is 36.0 Å². The zero-order valence-electron chi connectivity index (χ0n) is 21.7.